The molecule has 3 rings (SSSR count). The highest BCUT2D eigenvalue weighted by Crippen LogP contribution is 2.31. The van der Waals surface area contributed by atoms with Crippen molar-refractivity contribution in [3.05, 3.63) is 66.9 Å². The molecule has 31 heavy (non-hydrogen) atoms. The van der Waals surface area contributed by atoms with Crippen molar-refractivity contribution < 1.29 is 22.8 Å². The zero-order valence-electron chi connectivity index (χ0n) is 16.4. The van der Waals surface area contributed by atoms with Crippen LogP contribution < -0.4 is 10.6 Å². The highest BCUT2D eigenvalue weighted by molar-refractivity contribution is 8.00. The Balaban J connectivity index is 1.72. The van der Waals surface area contributed by atoms with Crippen molar-refractivity contribution in [1.82, 2.24) is 14.9 Å². The molecule has 0 fully saturated rings. The lowest BCUT2D eigenvalue weighted by Crippen LogP contribution is -2.39. The van der Waals surface area contributed by atoms with Gasteiger partial charge in [0.05, 0.1) is 17.1 Å². The third kappa shape index (κ3) is 6.35. The monoisotopic (exact) mass is 448 g/mol. The number of imidazole rings is 1. The summed E-state index contributed by atoms with van der Waals surface area (Å²) in [5.74, 6) is -0.652. The van der Waals surface area contributed by atoms with Gasteiger partial charge in [-0.2, -0.15) is 13.2 Å². The molecule has 2 N–H and O–H groups in total. The topological polar surface area (TPSA) is 76.0 Å². The van der Waals surface area contributed by atoms with E-state index in [0.717, 1.165) is 16.3 Å². The summed E-state index contributed by atoms with van der Waals surface area (Å²) in [6, 6.07) is 16.4. The fraction of sp³-hybridized carbons (Fsp3) is 0.190. The molecule has 0 aliphatic heterocycles. The lowest BCUT2D eigenvalue weighted by molar-refractivity contribution is -0.141. The number of rotatable bonds is 6. The van der Waals surface area contributed by atoms with Crippen molar-refractivity contribution in [3.8, 4) is 11.3 Å². The Bertz CT molecular complexity index is 1040. The van der Waals surface area contributed by atoms with Crippen LogP contribution in [0.5, 0.6) is 0 Å². The van der Waals surface area contributed by atoms with Gasteiger partial charge in [0.15, 0.2) is 5.16 Å². The fourth-order valence-corrected chi connectivity index (χ4v) is 3.62. The van der Waals surface area contributed by atoms with Crippen LogP contribution in [-0.2, 0) is 11.3 Å². The zero-order valence-corrected chi connectivity index (χ0v) is 17.2. The number of thioether (sulfide) groups is 1. The molecule has 0 saturated carbocycles. The number of urea groups is 1. The molecular formula is C21H19F3N4O2S. The Hall–Kier alpha value is -3.27. The molecule has 0 radical (unpaired) electrons. The van der Waals surface area contributed by atoms with Crippen molar-refractivity contribution in [3.63, 3.8) is 0 Å². The van der Waals surface area contributed by atoms with Crippen LogP contribution in [0.4, 0.5) is 23.7 Å². The Morgan fingerprint density at radius 3 is 2.29 bits per heavy atom. The number of alkyl halides is 3. The van der Waals surface area contributed by atoms with Crippen molar-refractivity contribution in [1.29, 1.82) is 0 Å². The second-order valence-corrected chi connectivity index (χ2v) is 7.87. The first-order valence-corrected chi connectivity index (χ1v) is 10.1. The maximum absolute atomic E-state index is 13.2. The summed E-state index contributed by atoms with van der Waals surface area (Å²) in [4.78, 5) is 28.5. The van der Waals surface area contributed by atoms with Crippen LogP contribution in [-0.4, -0.2) is 32.9 Å². The summed E-state index contributed by atoms with van der Waals surface area (Å²) in [5.41, 5.74) is 1.36. The SMILES string of the molecule is CC(Sc1ncc(-c2ccccc2)n1CC(F)(F)F)C(=O)NC(=O)Nc1ccccc1. The maximum Gasteiger partial charge on any atom is 0.406 e. The largest absolute Gasteiger partial charge is 0.406 e. The van der Waals surface area contributed by atoms with Gasteiger partial charge >= 0.3 is 12.2 Å². The predicted octanol–water partition coefficient (Wildman–Crippen LogP) is 4.94. The number of carbonyl (C=O) groups excluding carboxylic acids is 2. The van der Waals surface area contributed by atoms with Gasteiger partial charge in [-0.25, -0.2) is 9.78 Å². The minimum absolute atomic E-state index is 0.0299. The Morgan fingerprint density at radius 1 is 1.06 bits per heavy atom. The highest BCUT2D eigenvalue weighted by atomic mass is 32.2. The van der Waals surface area contributed by atoms with Gasteiger partial charge in [0.1, 0.15) is 6.54 Å². The zero-order chi connectivity index (χ0) is 22.4. The van der Waals surface area contributed by atoms with Gasteiger partial charge in [-0.3, -0.25) is 10.1 Å². The van der Waals surface area contributed by atoms with Crippen LogP contribution in [0.15, 0.2) is 72.0 Å². The van der Waals surface area contributed by atoms with Crippen LogP contribution in [0.3, 0.4) is 0 Å². The Labute approximate surface area is 180 Å². The van der Waals surface area contributed by atoms with Gasteiger partial charge in [0.2, 0.25) is 5.91 Å². The van der Waals surface area contributed by atoms with E-state index in [1.54, 1.807) is 60.7 Å². The van der Waals surface area contributed by atoms with E-state index in [9.17, 15) is 22.8 Å². The van der Waals surface area contributed by atoms with E-state index in [1.165, 1.54) is 13.1 Å². The Kier molecular flexibility index (Phi) is 7.01. The minimum atomic E-state index is -4.47. The number of para-hydroxylation sites is 1. The summed E-state index contributed by atoms with van der Waals surface area (Å²) in [6.07, 6.45) is -3.13. The normalized spacial score (nSPS) is 12.3. The molecule has 1 aromatic heterocycles. The predicted molar refractivity (Wildman–Crippen MR) is 113 cm³/mol. The van der Waals surface area contributed by atoms with Crippen molar-refractivity contribution in [2.24, 2.45) is 0 Å². The summed E-state index contributed by atoms with van der Waals surface area (Å²) in [7, 11) is 0. The second kappa shape index (κ2) is 9.69. The van der Waals surface area contributed by atoms with Crippen LogP contribution in [0, 0.1) is 0 Å². The lowest BCUT2D eigenvalue weighted by Gasteiger charge is -2.16. The third-order valence-corrected chi connectivity index (χ3v) is 5.25. The minimum Gasteiger partial charge on any atom is -0.310 e. The van der Waals surface area contributed by atoms with Crippen LogP contribution >= 0.6 is 11.8 Å². The number of amides is 3. The second-order valence-electron chi connectivity index (χ2n) is 6.56. The molecule has 6 nitrogen and oxygen atoms in total. The van der Waals surface area contributed by atoms with Crippen molar-refractivity contribution in [2.45, 2.75) is 30.1 Å². The van der Waals surface area contributed by atoms with E-state index in [0.29, 0.717) is 11.3 Å². The van der Waals surface area contributed by atoms with E-state index < -0.39 is 29.9 Å². The number of imide groups is 1. The summed E-state index contributed by atoms with van der Waals surface area (Å²) < 4.78 is 40.6. The average Bonchev–Trinajstić information content (AvgIpc) is 3.09. The molecule has 0 aliphatic carbocycles. The smallest absolute Gasteiger partial charge is 0.310 e. The standard InChI is InChI=1S/C21H19F3N4O2S/c1-14(18(29)27-19(30)26-16-10-6-3-7-11-16)31-20-25-12-17(15-8-4-2-5-9-15)28(20)13-21(22,23)24/h2-12,14H,13H2,1H3,(H2,26,27,29,30). The number of nitrogens with one attached hydrogen (secondary N) is 2. The van der Waals surface area contributed by atoms with Gasteiger partial charge in [0, 0.05) is 5.69 Å². The van der Waals surface area contributed by atoms with E-state index in [-0.39, 0.29) is 10.9 Å². The summed E-state index contributed by atoms with van der Waals surface area (Å²) in [5, 5.41) is 3.86. The van der Waals surface area contributed by atoms with Crippen molar-refractivity contribution in [2.75, 3.05) is 5.32 Å². The fourth-order valence-electron chi connectivity index (χ4n) is 2.73. The molecule has 162 valence electrons. The lowest BCUT2D eigenvalue weighted by atomic mass is 10.2. The molecule has 1 atom stereocenters. The molecule has 3 amide bonds. The van der Waals surface area contributed by atoms with Crippen LogP contribution in [0.2, 0.25) is 0 Å². The average molecular weight is 448 g/mol. The number of hydrogen-bond donors (Lipinski definition) is 2. The third-order valence-electron chi connectivity index (χ3n) is 4.15. The first-order chi connectivity index (χ1) is 14.7. The van der Waals surface area contributed by atoms with E-state index in [2.05, 4.69) is 15.6 Å². The number of benzene rings is 2. The Morgan fingerprint density at radius 2 is 1.68 bits per heavy atom. The maximum atomic E-state index is 13.2. The molecule has 0 bridgehead atoms. The van der Waals surface area contributed by atoms with Crippen LogP contribution in [0.25, 0.3) is 11.3 Å². The summed E-state index contributed by atoms with van der Waals surface area (Å²) in [6.45, 7) is 0.243. The molecule has 10 heteroatoms. The quantitative estimate of drug-likeness (QED) is 0.524. The van der Waals surface area contributed by atoms with E-state index in [4.69, 9.17) is 0 Å². The van der Waals surface area contributed by atoms with E-state index >= 15 is 0 Å². The number of carbonyl (C=O) groups is 2. The van der Waals surface area contributed by atoms with Gasteiger partial charge in [-0.05, 0) is 24.6 Å². The summed E-state index contributed by atoms with van der Waals surface area (Å²) >= 11 is 0.843. The molecule has 1 heterocycles. The van der Waals surface area contributed by atoms with Gasteiger partial charge in [0.25, 0.3) is 0 Å². The van der Waals surface area contributed by atoms with Gasteiger partial charge < -0.3 is 9.88 Å². The number of anilines is 1. The number of aromatic nitrogens is 2. The first kappa shape index (κ1) is 22.4. The molecule has 0 saturated heterocycles. The van der Waals surface area contributed by atoms with E-state index in [1.807, 2.05) is 0 Å². The number of nitrogens with zero attached hydrogens (tertiary/aromatic N) is 2. The molecule has 3 aromatic rings. The molecule has 0 spiro atoms. The van der Waals surface area contributed by atoms with Crippen molar-refractivity contribution >= 4 is 29.4 Å². The molecular weight excluding hydrogens is 429 g/mol. The highest BCUT2D eigenvalue weighted by Gasteiger charge is 2.31. The number of halogens is 3. The molecule has 2 aromatic carbocycles. The molecule has 0 aliphatic rings. The molecule has 1 unspecified atom stereocenters. The number of hydrogen-bond acceptors (Lipinski definition) is 4. The van der Waals surface area contributed by atoms with Crippen LogP contribution in [0.1, 0.15) is 6.92 Å². The van der Waals surface area contributed by atoms with Gasteiger partial charge in [-0.15, -0.1) is 0 Å². The van der Waals surface area contributed by atoms with Gasteiger partial charge in [-0.1, -0.05) is 60.3 Å². The first-order valence-electron chi connectivity index (χ1n) is 9.24.